The van der Waals surface area contributed by atoms with E-state index in [2.05, 4.69) is 62.1 Å². The molecule has 0 saturated heterocycles. The summed E-state index contributed by atoms with van der Waals surface area (Å²) in [4.78, 5) is 4.17. The topological polar surface area (TPSA) is 29.9 Å². The summed E-state index contributed by atoms with van der Waals surface area (Å²) in [5.41, 5.74) is 2.62. The Morgan fingerprint density at radius 3 is 3.05 bits per heavy atom. The number of halogens is 1. The molecule has 1 saturated carbocycles. The molecule has 1 aliphatic carbocycles. The largest absolute Gasteiger partial charge is 0.333 e. The third kappa shape index (κ3) is 2.96. The number of imidazole rings is 1. The number of nitrogens with one attached hydrogen (secondary N) is 1. The lowest BCUT2D eigenvalue weighted by molar-refractivity contribution is 0.390. The highest BCUT2D eigenvalue weighted by Crippen LogP contribution is 2.30. The van der Waals surface area contributed by atoms with Crippen molar-refractivity contribution >= 4 is 15.9 Å². The maximum Gasteiger partial charge on any atom is 0.0949 e. The maximum atomic E-state index is 4.17. The summed E-state index contributed by atoms with van der Waals surface area (Å²) in [5, 5.41) is 3.71. The summed E-state index contributed by atoms with van der Waals surface area (Å²) in [6, 6.07) is 7.68. The summed E-state index contributed by atoms with van der Waals surface area (Å²) in [6.45, 7) is 3.04. The minimum absolute atomic E-state index is 0.546. The van der Waals surface area contributed by atoms with Gasteiger partial charge in [0, 0.05) is 35.5 Å². The Balaban J connectivity index is 1.64. The molecule has 1 fully saturated rings. The van der Waals surface area contributed by atoms with Gasteiger partial charge in [0.15, 0.2) is 0 Å². The van der Waals surface area contributed by atoms with Crippen molar-refractivity contribution in [1.82, 2.24) is 14.9 Å². The lowest BCUT2D eigenvalue weighted by Crippen LogP contribution is -2.33. The molecule has 3 rings (SSSR count). The van der Waals surface area contributed by atoms with Gasteiger partial charge in [0.1, 0.15) is 0 Å². The van der Waals surface area contributed by atoms with Crippen LogP contribution in [-0.4, -0.2) is 15.6 Å². The molecule has 4 heteroatoms. The van der Waals surface area contributed by atoms with Gasteiger partial charge >= 0.3 is 0 Å². The molecule has 0 spiro atoms. The van der Waals surface area contributed by atoms with Crippen LogP contribution in [0.5, 0.6) is 0 Å². The van der Waals surface area contributed by atoms with E-state index in [1.165, 1.54) is 34.9 Å². The van der Waals surface area contributed by atoms with Gasteiger partial charge < -0.3 is 9.88 Å². The summed E-state index contributed by atoms with van der Waals surface area (Å²) < 4.78 is 3.44. The van der Waals surface area contributed by atoms with Crippen LogP contribution in [0.2, 0.25) is 0 Å². The zero-order valence-corrected chi connectivity index (χ0v) is 13.3. The fourth-order valence-corrected chi connectivity index (χ4v) is 3.42. The van der Waals surface area contributed by atoms with Gasteiger partial charge in [-0.3, -0.25) is 0 Å². The van der Waals surface area contributed by atoms with Crippen LogP contribution in [0.1, 0.15) is 36.4 Å². The summed E-state index contributed by atoms with van der Waals surface area (Å²) >= 11 is 3.60. The first-order valence-corrected chi connectivity index (χ1v) is 7.99. The molecule has 1 heterocycles. The van der Waals surface area contributed by atoms with Gasteiger partial charge in [-0.2, -0.15) is 0 Å². The number of nitrogens with zero attached hydrogens (tertiary/aromatic N) is 2. The molecule has 1 aliphatic rings. The molecule has 0 radical (unpaired) electrons. The van der Waals surface area contributed by atoms with Crippen molar-refractivity contribution in [2.45, 2.75) is 44.8 Å². The van der Waals surface area contributed by atoms with E-state index in [1.54, 1.807) is 0 Å². The Hall–Kier alpha value is -1.13. The Labute approximate surface area is 128 Å². The van der Waals surface area contributed by atoms with Crippen molar-refractivity contribution < 1.29 is 0 Å². The molecular weight excluding hydrogens is 314 g/mol. The van der Waals surface area contributed by atoms with Crippen molar-refractivity contribution in [3.05, 3.63) is 52.5 Å². The smallest absolute Gasteiger partial charge is 0.0949 e. The minimum Gasteiger partial charge on any atom is -0.333 e. The molecule has 2 aromatic rings. The maximum absolute atomic E-state index is 4.17. The fraction of sp³-hybridized carbons (Fsp3) is 0.438. The van der Waals surface area contributed by atoms with Gasteiger partial charge in [-0.25, -0.2) is 4.98 Å². The van der Waals surface area contributed by atoms with Crippen LogP contribution in [0, 0.1) is 6.92 Å². The monoisotopic (exact) mass is 333 g/mol. The van der Waals surface area contributed by atoms with Gasteiger partial charge in [0.25, 0.3) is 0 Å². The average Bonchev–Trinajstić information content (AvgIpc) is 3.09. The molecule has 2 unspecified atom stereocenters. The van der Waals surface area contributed by atoms with E-state index >= 15 is 0 Å². The van der Waals surface area contributed by atoms with Crippen LogP contribution >= 0.6 is 15.9 Å². The molecule has 2 atom stereocenters. The van der Waals surface area contributed by atoms with Gasteiger partial charge in [0.05, 0.1) is 6.33 Å². The second-order valence-corrected chi connectivity index (χ2v) is 6.43. The van der Waals surface area contributed by atoms with E-state index in [-0.39, 0.29) is 0 Å². The van der Waals surface area contributed by atoms with Crippen LogP contribution in [-0.2, 0) is 6.54 Å². The molecule has 1 aromatic heterocycles. The Kier molecular flexibility index (Phi) is 4.22. The number of hydrogen-bond acceptors (Lipinski definition) is 2. The summed E-state index contributed by atoms with van der Waals surface area (Å²) in [7, 11) is 0. The standard InChI is InChI=1S/C16H20BrN3/c1-12-5-6-13(9-14(12)17)10-19-15-3-2-4-16(15)20-8-7-18-11-20/h5-9,11,15-16,19H,2-4,10H2,1H3. The van der Waals surface area contributed by atoms with Crippen LogP contribution in [0.3, 0.4) is 0 Å². The van der Waals surface area contributed by atoms with E-state index in [4.69, 9.17) is 0 Å². The highest BCUT2D eigenvalue weighted by atomic mass is 79.9. The second-order valence-electron chi connectivity index (χ2n) is 5.58. The molecule has 0 aliphatic heterocycles. The summed E-state index contributed by atoms with van der Waals surface area (Å²) in [5.74, 6) is 0. The van der Waals surface area contributed by atoms with Gasteiger partial charge in [-0.05, 0) is 43.4 Å². The van der Waals surface area contributed by atoms with Gasteiger partial charge in [-0.15, -0.1) is 0 Å². The number of aryl methyl sites for hydroxylation is 1. The Bertz CT molecular complexity index is 565. The van der Waals surface area contributed by atoms with Gasteiger partial charge in [0.2, 0.25) is 0 Å². The van der Waals surface area contributed by atoms with E-state index < -0.39 is 0 Å². The average molecular weight is 334 g/mol. The van der Waals surface area contributed by atoms with Crippen LogP contribution < -0.4 is 5.32 Å². The lowest BCUT2D eigenvalue weighted by Gasteiger charge is -2.22. The Morgan fingerprint density at radius 1 is 1.40 bits per heavy atom. The number of benzene rings is 1. The van der Waals surface area contributed by atoms with E-state index in [1.807, 2.05) is 12.5 Å². The first-order valence-electron chi connectivity index (χ1n) is 7.20. The third-order valence-corrected chi connectivity index (χ3v) is 5.05. The molecule has 1 N–H and O–H groups in total. The van der Waals surface area contributed by atoms with Crippen molar-refractivity contribution in [1.29, 1.82) is 0 Å². The van der Waals surface area contributed by atoms with Crippen molar-refractivity contribution in [3.8, 4) is 0 Å². The quantitative estimate of drug-likeness (QED) is 0.921. The third-order valence-electron chi connectivity index (χ3n) is 4.19. The highest BCUT2D eigenvalue weighted by Gasteiger charge is 2.27. The van der Waals surface area contributed by atoms with Crippen molar-refractivity contribution in [3.63, 3.8) is 0 Å². The zero-order valence-electron chi connectivity index (χ0n) is 11.7. The van der Waals surface area contributed by atoms with E-state index in [0.29, 0.717) is 12.1 Å². The van der Waals surface area contributed by atoms with Crippen molar-refractivity contribution in [2.24, 2.45) is 0 Å². The van der Waals surface area contributed by atoms with Crippen LogP contribution in [0.4, 0.5) is 0 Å². The molecule has 3 nitrogen and oxygen atoms in total. The minimum atomic E-state index is 0.546. The lowest BCUT2D eigenvalue weighted by atomic mass is 10.1. The van der Waals surface area contributed by atoms with E-state index in [9.17, 15) is 0 Å². The number of rotatable bonds is 4. The number of aromatic nitrogens is 2. The molecule has 106 valence electrons. The van der Waals surface area contributed by atoms with Crippen molar-refractivity contribution in [2.75, 3.05) is 0 Å². The fourth-order valence-electron chi connectivity index (χ4n) is 3.00. The predicted octanol–water partition coefficient (Wildman–Crippen LogP) is 3.84. The SMILES string of the molecule is Cc1ccc(CNC2CCCC2n2ccnc2)cc1Br. The molecule has 0 amide bonds. The molecule has 1 aromatic carbocycles. The zero-order chi connectivity index (χ0) is 13.9. The molecule has 0 bridgehead atoms. The first kappa shape index (κ1) is 13.8. The number of hydrogen-bond donors (Lipinski definition) is 1. The normalized spacial score (nSPS) is 22.3. The summed E-state index contributed by atoms with van der Waals surface area (Å²) in [6.07, 6.45) is 9.66. The molecular formula is C16H20BrN3. The van der Waals surface area contributed by atoms with E-state index in [0.717, 1.165) is 6.54 Å². The van der Waals surface area contributed by atoms with Gasteiger partial charge in [-0.1, -0.05) is 28.1 Å². The second kappa shape index (κ2) is 6.10. The van der Waals surface area contributed by atoms with Crippen LogP contribution in [0.15, 0.2) is 41.4 Å². The highest BCUT2D eigenvalue weighted by molar-refractivity contribution is 9.10. The molecule has 20 heavy (non-hydrogen) atoms. The first-order chi connectivity index (χ1) is 9.74. The Morgan fingerprint density at radius 2 is 2.30 bits per heavy atom. The van der Waals surface area contributed by atoms with Crippen LogP contribution in [0.25, 0.3) is 0 Å². The predicted molar refractivity (Wildman–Crippen MR) is 84.6 cm³/mol.